The van der Waals surface area contributed by atoms with Crippen molar-refractivity contribution in [3.05, 3.63) is 58.8 Å². The Labute approximate surface area is 184 Å². The van der Waals surface area contributed by atoms with Gasteiger partial charge in [0.05, 0.1) is 40.8 Å². The highest BCUT2D eigenvalue weighted by molar-refractivity contribution is 9.10. The fourth-order valence-corrected chi connectivity index (χ4v) is 3.43. The number of halogens is 1. The summed E-state index contributed by atoms with van der Waals surface area (Å²) in [5.41, 5.74) is 2.78. The molecule has 4 rings (SSSR count). The Morgan fingerprint density at radius 1 is 1.16 bits per heavy atom. The third-order valence-electron chi connectivity index (χ3n) is 4.36. The molecule has 1 amide bonds. The lowest BCUT2D eigenvalue weighted by atomic mass is 10.2. The van der Waals surface area contributed by atoms with Gasteiger partial charge in [-0.2, -0.15) is 0 Å². The van der Waals surface area contributed by atoms with Crippen LogP contribution in [-0.4, -0.2) is 55.8 Å². The van der Waals surface area contributed by atoms with E-state index in [1.54, 1.807) is 36.7 Å². The van der Waals surface area contributed by atoms with Gasteiger partial charge in [0.25, 0.3) is 0 Å². The average molecular weight is 489 g/mol. The second-order valence-electron chi connectivity index (χ2n) is 6.37. The molecule has 160 valence electrons. The number of nitrogens with zero attached hydrogens (tertiary/aromatic N) is 5. The van der Waals surface area contributed by atoms with Crippen LogP contribution in [-0.2, 0) is 11.4 Å². The largest absolute Gasteiger partial charge is 0.422 e. The highest BCUT2D eigenvalue weighted by Crippen LogP contribution is 2.29. The number of amides is 1. The first-order valence-corrected chi connectivity index (χ1v) is 9.90. The molecule has 0 aliphatic carbocycles. The van der Waals surface area contributed by atoms with Gasteiger partial charge in [-0.3, -0.25) is 25.4 Å². The Morgan fingerprint density at radius 3 is 2.71 bits per heavy atom. The van der Waals surface area contributed by atoms with Gasteiger partial charge in [-0.05, 0) is 45.8 Å². The number of aromatic nitrogens is 2. The van der Waals surface area contributed by atoms with Crippen LogP contribution >= 0.6 is 15.9 Å². The maximum absolute atomic E-state index is 12.7. The molecule has 1 aliphatic rings. The summed E-state index contributed by atoms with van der Waals surface area (Å²) >= 11 is 3.53. The van der Waals surface area contributed by atoms with Crippen LogP contribution in [0.5, 0.6) is 5.75 Å². The first-order chi connectivity index (χ1) is 15.0. The van der Waals surface area contributed by atoms with Gasteiger partial charge >= 0.3 is 6.09 Å². The number of carbonyl (C=O) groups excluding carboxylic acids is 1. The molecule has 31 heavy (non-hydrogen) atoms. The molecule has 1 aromatic heterocycles. The number of ether oxygens (including phenoxy) is 1. The van der Waals surface area contributed by atoms with Crippen LogP contribution in [0.4, 0.5) is 10.5 Å². The first-order valence-electron chi connectivity index (χ1n) is 9.11. The summed E-state index contributed by atoms with van der Waals surface area (Å²) < 4.78 is 6.14. The van der Waals surface area contributed by atoms with E-state index in [4.69, 9.17) is 15.2 Å². The van der Waals surface area contributed by atoms with E-state index >= 15 is 0 Å². The molecule has 0 spiro atoms. The van der Waals surface area contributed by atoms with Crippen molar-refractivity contribution in [1.29, 1.82) is 0 Å². The van der Waals surface area contributed by atoms with Crippen molar-refractivity contribution in [3.8, 4) is 5.75 Å². The lowest BCUT2D eigenvalue weighted by Gasteiger charge is -2.19. The number of nitrogens with one attached hydrogen (secondary N) is 1. The third-order valence-corrected chi connectivity index (χ3v) is 5.16. The van der Waals surface area contributed by atoms with Crippen LogP contribution < -0.4 is 10.1 Å². The standard InChI is InChI=1S/C19H17BrN6O5/c20-16-14(5-6-15-17(16)22-8-7-21-15)24-18-23-9-10-25(18)19(27)31-13-3-1-12(2-4-13)11-30-26(28)29/h1-8,28-29H,9-11H2,(H,23,24). The number of guanidine groups is 1. The summed E-state index contributed by atoms with van der Waals surface area (Å²) in [6, 6.07) is 10.1. The van der Waals surface area contributed by atoms with Gasteiger partial charge in [0.15, 0.2) is 0 Å². The number of carbonyl (C=O) groups is 1. The van der Waals surface area contributed by atoms with E-state index in [1.807, 2.05) is 12.1 Å². The van der Waals surface area contributed by atoms with Gasteiger partial charge in [-0.1, -0.05) is 12.1 Å². The number of aliphatic imine (C=N–C) groups is 1. The highest BCUT2D eigenvalue weighted by atomic mass is 79.9. The van der Waals surface area contributed by atoms with Gasteiger partial charge in [0, 0.05) is 12.4 Å². The number of benzene rings is 2. The Bertz CT molecular complexity index is 1120. The van der Waals surface area contributed by atoms with Crippen LogP contribution in [0.25, 0.3) is 11.0 Å². The fourth-order valence-electron chi connectivity index (χ4n) is 2.89. The van der Waals surface area contributed by atoms with Gasteiger partial charge in [0.2, 0.25) is 5.96 Å². The maximum atomic E-state index is 12.7. The minimum Gasteiger partial charge on any atom is -0.410 e. The minimum atomic E-state index is -0.582. The second-order valence-corrected chi connectivity index (χ2v) is 7.16. The van der Waals surface area contributed by atoms with Gasteiger partial charge < -0.3 is 10.1 Å². The number of anilines is 1. The maximum Gasteiger partial charge on any atom is 0.422 e. The normalized spacial score (nSPS) is 13.5. The molecule has 12 heteroatoms. The monoisotopic (exact) mass is 488 g/mol. The second kappa shape index (κ2) is 9.32. The molecule has 11 nitrogen and oxygen atoms in total. The zero-order chi connectivity index (χ0) is 21.8. The molecular formula is C19H17BrN6O5. The zero-order valence-electron chi connectivity index (χ0n) is 16.0. The van der Waals surface area contributed by atoms with Crippen molar-refractivity contribution in [2.75, 3.05) is 18.4 Å². The van der Waals surface area contributed by atoms with E-state index in [-0.39, 0.29) is 12.0 Å². The fraction of sp³-hybridized carbons (Fsp3) is 0.158. The number of rotatable bonds is 5. The molecule has 0 saturated heterocycles. The van der Waals surface area contributed by atoms with Crippen LogP contribution in [0.2, 0.25) is 0 Å². The van der Waals surface area contributed by atoms with Crippen molar-refractivity contribution in [2.24, 2.45) is 4.99 Å². The van der Waals surface area contributed by atoms with Crippen molar-refractivity contribution in [3.63, 3.8) is 0 Å². The molecule has 0 saturated carbocycles. The highest BCUT2D eigenvalue weighted by Gasteiger charge is 2.26. The molecule has 2 aromatic carbocycles. The summed E-state index contributed by atoms with van der Waals surface area (Å²) in [5, 5.41) is 19.9. The third kappa shape index (κ3) is 4.95. The average Bonchev–Trinajstić information content (AvgIpc) is 3.24. The van der Waals surface area contributed by atoms with Crippen molar-refractivity contribution >= 4 is 44.7 Å². The first kappa shape index (κ1) is 21.1. The topological polar surface area (TPSA) is 133 Å². The van der Waals surface area contributed by atoms with Crippen LogP contribution in [0.1, 0.15) is 5.56 Å². The molecule has 2 heterocycles. The number of hydrogen-bond donors (Lipinski definition) is 3. The van der Waals surface area contributed by atoms with E-state index in [0.29, 0.717) is 46.0 Å². The molecule has 0 atom stereocenters. The SMILES string of the molecule is O=C(Oc1ccc(CON(O)O)cc1)N1CCN=C1Nc1ccc2nccnc2c1Br. The molecule has 0 bridgehead atoms. The van der Waals surface area contributed by atoms with Crippen molar-refractivity contribution < 1.29 is 24.8 Å². The van der Waals surface area contributed by atoms with E-state index in [1.165, 1.54) is 4.90 Å². The molecule has 0 radical (unpaired) electrons. The van der Waals surface area contributed by atoms with E-state index in [9.17, 15) is 4.79 Å². The number of hydrogen-bond acceptors (Lipinski definition) is 10. The van der Waals surface area contributed by atoms with E-state index in [2.05, 4.69) is 41.0 Å². The Kier molecular flexibility index (Phi) is 6.34. The Hall–Kier alpha value is -3.16. The summed E-state index contributed by atoms with van der Waals surface area (Å²) in [7, 11) is 0. The summed E-state index contributed by atoms with van der Waals surface area (Å²) in [4.78, 5) is 31.5. The van der Waals surface area contributed by atoms with E-state index < -0.39 is 6.09 Å². The Balaban J connectivity index is 1.42. The zero-order valence-corrected chi connectivity index (χ0v) is 17.6. The van der Waals surface area contributed by atoms with Crippen LogP contribution in [0.3, 0.4) is 0 Å². The van der Waals surface area contributed by atoms with Crippen molar-refractivity contribution in [2.45, 2.75) is 6.61 Å². The predicted molar refractivity (Wildman–Crippen MR) is 113 cm³/mol. The van der Waals surface area contributed by atoms with Crippen LogP contribution in [0, 0.1) is 0 Å². The summed E-state index contributed by atoms with van der Waals surface area (Å²) in [6.45, 7) is 0.761. The summed E-state index contributed by atoms with van der Waals surface area (Å²) in [6.07, 6.45) is 2.64. The molecule has 3 aromatic rings. The quantitative estimate of drug-likeness (QED) is 0.462. The van der Waals surface area contributed by atoms with Crippen LogP contribution in [0.15, 0.2) is 58.3 Å². The summed E-state index contributed by atoms with van der Waals surface area (Å²) in [5.74, 6) is 0.692. The molecule has 3 N–H and O–H groups in total. The smallest absolute Gasteiger partial charge is 0.410 e. The van der Waals surface area contributed by atoms with Gasteiger partial charge in [-0.15, -0.1) is 0 Å². The van der Waals surface area contributed by atoms with Gasteiger partial charge in [0.1, 0.15) is 11.3 Å². The van der Waals surface area contributed by atoms with Crippen molar-refractivity contribution in [1.82, 2.24) is 20.3 Å². The lowest BCUT2D eigenvalue weighted by molar-refractivity contribution is -0.497. The molecule has 1 aliphatic heterocycles. The molecule has 0 fully saturated rings. The molecular weight excluding hydrogens is 472 g/mol. The lowest BCUT2D eigenvalue weighted by Crippen LogP contribution is -2.40. The Morgan fingerprint density at radius 2 is 1.94 bits per heavy atom. The van der Waals surface area contributed by atoms with Gasteiger partial charge in [-0.25, -0.2) is 14.5 Å². The predicted octanol–water partition coefficient (Wildman–Crippen LogP) is 3.19. The number of fused-ring (bicyclic) bond motifs is 1. The molecule has 0 unspecified atom stereocenters. The van der Waals surface area contributed by atoms with E-state index in [0.717, 1.165) is 5.52 Å². The minimum absolute atomic E-state index is 0.0565.